The van der Waals surface area contributed by atoms with Crippen molar-refractivity contribution in [3.63, 3.8) is 0 Å². The molecule has 2 aliphatic heterocycles. The summed E-state index contributed by atoms with van der Waals surface area (Å²) in [5.74, 6) is 0.963. The number of nitrogens with zero attached hydrogens (tertiary/aromatic N) is 3. The third-order valence-corrected chi connectivity index (χ3v) is 4.13. The van der Waals surface area contributed by atoms with E-state index in [2.05, 4.69) is 15.0 Å². The van der Waals surface area contributed by atoms with Gasteiger partial charge in [-0.15, -0.1) is 0 Å². The Labute approximate surface area is 103 Å². The van der Waals surface area contributed by atoms with E-state index >= 15 is 0 Å². The number of rotatable bonds is 2. The van der Waals surface area contributed by atoms with Gasteiger partial charge in [-0.05, 0) is 46.2 Å². The van der Waals surface area contributed by atoms with E-state index in [1.54, 1.807) is 0 Å². The van der Waals surface area contributed by atoms with Gasteiger partial charge < -0.3 is 9.42 Å². The van der Waals surface area contributed by atoms with E-state index in [4.69, 9.17) is 4.52 Å². The Hall–Kier alpha value is -1.03. The average molecular weight is 235 g/mol. The highest BCUT2D eigenvalue weighted by molar-refractivity contribution is 5.53. The van der Waals surface area contributed by atoms with Crippen LogP contribution >= 0.6 is 0 Å². The van der Waals surface area contributed by atoms with Gasteiger partial charge in [-0.2, -0.15) is 0 Å². The summed E-state index contributed by atoms with van der Waals surface area (Å²) in [4.78, 5) is 5.10. The molecule has 0 amide bonds. The van der Waals surface area contributed by atoms with Crippen molar-refractivity contribution < 1.29 is 4.52 Å². The molecule has 3 rings (SSSR count). The zero-order valence-corrected chi connectivity index (χ0v) is 10.8. The summed E-state index contributed by atoms with van der Waals surface area (Å²) in [6.45, 7) is 8.92. The number of hydrogen-bond acceptors (Lipinski definition) is 4. The van der Waals surface area contributed by atoms with Gasteiger partial charge in [-0.1, -0.05) is 5.16 Å². The highest BCUT2D eigenvalue weighted by Gasteiger charge is 2.31. The maximum absolute atomic E-state index is 5.26. The van der Waals surface area contributed by atoms with Crippen LogP contribution in [-0.2, 0) is 0 Å². The van der Waals surface area contributed by atoms with Crippen molar-refractivity contribution in [1.82, 2.24) is 10.1 Å². The minimum absolute atomic E-state index is 0.742. The molecule has 0 bridgehead atoms. The lowest BCUT2D eigenvalue weighted by Crippen LogP contribution is -2.35. The molecule has 0 radical (unpaired) electrons. The van der Waals surface area contributed by atoms with E-state index in [1.165, 1.54) is 38.0 Å². The van der Waals surface area contributed by atoms with Crippen molar-refractivity contribution in [2.45, 2.75) is 39.2 Å². The summed E-state index contributed by atoms with van der Waals surface area (Å²) in [7, 11) is 0. The predicted octanol–water partition coefficient (Wildman–Crippen LogP) is 1.97. The molecule has 1 aromatic heterocycles. The SMILES string of the molecule is Cc1noc(C)c1N1CCC(N2CCCC2)C1. The second-order valence-electron chi connectivity index (χ2n) is 5.30. The lowest BCUT2D eigenvalue weighted by molar-refractivity contribution is 0.260. The van der Waals surface area contributed by atoms with Crippen LogP contribution in [0, 0.1) is 13.8 Å². The molecule has 0 N–H and O–H groups in total. The molecule has 1 unspecified atom stereocenters. The van der Waals surface area contributed by atoms with Crippen LogP contribution in [0.1, 0.15) is 30.7 Å². The van der Waals surface area contributed by atoms with Crippen LogP contribution in [0.25, 0.3) is 0 Å². The van der Waals surface area contributed by atoms with Gasteiger partial charge >= 0.3 is 0 Å². The third-order valence-electron chi connectivity index (χ3n) is 4.13. The van der Waals surface area contributed by atoms with Crippen molar-refractivity contribution >= 4 is 5.69 Å². The first kappa shape index (κ1) is 11.1. The van der Waals surface area contributed by atoms with E-state index in [1.807, 2.05) is 13.8 Å². The van der Waals surface area contributed by atoms with E-state index in [-0.39, 0.29) is 0 Å². The maximum Gasteiger partial charge on any atom is 0.157 e. The van der Waals surface area contributed by atoms with Gasteiger partial charge in [0.2, 0.25) is 0 Å². The van der Waals surface area contributed by atoms with E-state index in [0.717, 1.165) is 30.6 Å². The predicted molar refractivity (Wildman–Crippen MR) is 67.4 cm³/mol. The first-order valence-electron chi connectivity index (χ1n) is 6.67. The fourth-order valence-electron chi connectivity index (χ4n) is 3.28. The Bertz CT molecular complexity index is 376. The van der Waals surface area contributed by atoms with Crippen molar-refractivity contribution in [3.05, 3.63) is 11.5 Å². The van der Waals surface area contributed by atoms with Gasteiger partial charge in [0.05, 0.1) is 0 Å². The van der Waals surface area contributed by atoms with E-state index < -0.39 is 0 Å². The van der Waals surface area contributed by atoms with Crippen LogP contribution in [0.15, 0.2) is 4.52 Å². The Balaban J connectivity index is 1.71. The summed E-state index contributed by atoms with van der Waals surface area (Å²) in [6, 6.07) is 0.742. The molecular formula is C13H21N3O. The molecule has 3 heterocycles. The van der Waals surface area contributed by atoms with Crippen LogP contribution in [0.5, 0.6) is 0 Å². The molecule has 0 aliphatic carbocycles. The maximum atomic E-state index is 5.26. The number of aromatic nitrogens is 1. The number of likely N-dealkylation sites (tertiary alicyclic amines) is 1. The number of aryl methyl sites for hydroxylation is 2. The zero-order valence-electron chi connectivity index (χ0n) is 10.8. The molecule has 0 spiro atoms. The molecular weight excluding hydrogens is 214 g/mol. The summed E-state index contributed by atoms with van der Waals surface area (Å²) >= 11 is 0. The normalized spacial score (nSPS) is 26.0. The van der Waals surface area contributed by atoms with Gasteiger partial charge in [-0.25, -0.2) is 0 Å². The van der Waals surface area contributed by atoms with Crippen molar-refractivity contribution in [3.8, 4) is 0 Å². The Kier molecular flexibility index (Phi) is 2.82. The van der Waals surface area contributed by atoms with Crippen LogP contribution in [0.2, 0.25) is 0 Å². The van der Waals surface area contributed by atoms with E-state index in [9.17, 15) is 0 Å². The van der Waals surface area contributed by atoms with Crippen LogP contribution in [-0.4, -0.2) is 42.3 Å². The first-order valence-corrected chi connectivity index (χ1v) is 6.67. The summed E-state index contributed by atoms with van der Waals surface area (Å²) < 4.78 is 5.26. The molecule has 2 saturated heterocycles. The average Bonchev–Trinajstić information content (AvgIpc) is 2.98. The van der Waals surface area contributed by atoms with Gasteiger partial charge in [0, 0.05) is 19.1 Å². The zero-order chi connectivity index (χ0) is 11.8. The highest BCUT2D eigenvalue weighted by atomic mass is 16.5. The molecule has 4 nitrogen and oxygen atoms in total. The Morgan fingerprint density at radius 3 is 2.59 bits per heavy atom. The molecule has 17 heavy (non-hydrogen) atoms. The second-order valence-corrected chi connectivity index (χ2v) is 5.30. The lowest BCUT2D eigenvalue weighted by Gasteiger charge is -2.24. The van der Waals surface area contributed by atoms with Crippen molar-refractivity contribution in [2.24, 2.45) is 0 Å². The quantitative estimate of drug-likeness (QED) is 0.784. The lowest BCUT2D eigenvalue weighted by atomic mass is 10.2. The Morgan fingerprint density at radius 1 is 1.18 bits per heavy atom. The minimum Gasteiger partial charge on any atom is -0.366 e. The highest BCUT2D eigenvalue weighted by Crippen LogP contribution is 2.29. The summed E-state index contributed by atoms with van der Waals surface area (Å²) in [5.41, 5.74) is 2.26. The molecule has 94 valence electrons. The summed E-state index contributed by atoms with van der Waals surface area (Å²) in [5, 5.41) is 4.05. The van der Waals surface area contributed by atoms with Gasteiger partial charge in [0.1, 0.15) is 11.4 Å². The molecule has 1 aromatic rings. The van der Waals surface area contributed by atoms with Gasteiger partial charge in [0.25, 0.3) is 0 Å². The molecule has 2 fully saturated rings. The number of hydrogen-bond donors (Lipinski definition) is 0. The minimum atomic E-state index is 0.742. The monoisotopic (exact) mass is 235 g/mol. The topological polar surface area (TPSA) is 32.5 Å². The molecule has 1 atom stereocenters. The van der Waals surface area contributed by atoms with Crippen molar-refractivity contribution in [2.75, 3.05) is 31.1 Å². The summed E-state index contributed by atoms with van der Waals surface area (Å²) in [6.07, 6.45) is 4.04. The smallest absolute Gasteiger partial charge is 0.157 e. The fraction of sp³-hybridized carbons (Fsp3) is 0.769. The standard InChI is InChI=1S/C13H21N3O/c1-10-13(11(2)17-14-10)16-8-5-12(9-16)15-6-3-4-7-15/h12H,3-9H2,1-2H3. The molecule has 2 aliphatic rings. The number of anilines is 1. The largest absolute Gasteiger partial charge is 0.366 e. The van der Waals surface area contributed by atoms with Gasteiger partial charge in [-0.3, -0.25) is 4.90 Å². The molecule has 4 heteroatoms. The molecule has 0 aromatic carbocycles. The van der Waals surface area contributed by atoms with Gasteiger partial charge in [0.15, 0.2) is 5.76 Å². The molecule has 0 saturated carbocycles. The van der Waals surface area contributed by atoms with Crippen LogP contribution < -0.4 is 4.90 Å². The van der Waals surface area contributed by atoms with Crippen LogP contribution in [0.4, 0.5) is 5.69 Å². The first-order chi connectivity index (χ1) is 8.25. The van der Waals surface area contributed by atoms with Crippen LogP contribution in [0.3, 0.4) is 0 Å². The third kappa shape index (κ3) is 1.95. The van der Waals surface area contributed by atoms with E-state index in [0.29, 0.717) is 0 Å². The second kappa shape index (κ2) is 4.33. The fourth-order valence-corrected chi connectivity index (χ4v) is 3.28. The Morgan fingerprint density at radius 2 is 1.94 bits per heavy atom. The van der Waals surface area contributed by atoms with Crippen molar-refractivity contribution in [1.29, 1.82) is 0 Å².